The first-order chi connectivity index (χ1) is 12.5. The molecular formula is C18H22N2O6. The summed E-state index contributed by atoms with van der Waals surface area (Å²) in [7, 11) is 4.39. The molecule has 0 saturated heterocycles. The molecule has 1 aromatic heterocycles. The van der Waals surface area contributed by atoms with Crippen molar-refractivity contribution in [2.75, 3.05) is 27.9 Å². The van der Waals surface area contributed by atoms with Gasteiger partial charge in [0.2, 0.25) is 5.75 Å². The maximum absolute atomic E-state index is 12.4. The van der Waals surface area contributed by atoms with Gasteiger partial charge in [0.25, 0.3) is 11.5 Å². The third-order valence-electron chi connectivity index (χ3n) is 3.73. The van der Waals surface area contributed by atoms with E-state index in [1.165, 1.54) is 44.1 Å². The van der Waals surface area contributed by atoms with Crippen LogP contribution in [0.5, 0.6) is 17.2 Å². The highest BCUT2D eigenvalue weighted by molar-refractivity contribution is 5.95. The number of pyridine rings is 1. The fraction of sp³-hybridized carbons (Fsp3) is 0.333. The third-order valence-corrected chi connectivity index (χ3v) is 3.73. The van der Waals surface area contributed by atoms with Crippen LogP contribution in [0.1, 0.15) is 10.4 Å². The summed E-state index contributed by atoms with van der Waals surface area (Å²) in [6, 6.07) is 7.76. The van der Waals surface area contributed by atoms with Crippen molar-refractivity contribution in [3.8, 4) is 17.2 Å². The van der Waals surface area contributed by atoms with Crippen LogP contribution in [0.2, 0.25) is 0 Å². The van der Waals surface area contributed by atoms with Crippen molar-refractivity contribution in [1.29, 1.82) is 0 Å². The lowest BCUT2D eigenvalue weighted by molar-refractivity contribution is 0.0902. The normalized spacial score (nSPS) is 11.5. The molecule has 0 saturated carbocycles. The van der Waals surface area contributed by atoms with E-state index in [1.54, 1.807) is 18.3 Å². The molecule has 2 rings (SSSR count). The van der Waals surface area contributed by atoms with Crippen molar-refractivity contribution in [1.82, 2.24) is 9.88 Å². The zero-order valence-electron chi connectivity index (χ0n) is 14.9. The summed E-state index contributed by atoms with van der Waals surface area (Å²) >= 11 is 0. The number of aliphatic hydroxyl groups is 1. The van der Waals surface area contributed by atoms with Crippen molar-refractivity contribution in [2.24, 2.45) is 0 Å². The molecule has 0 aliphatic carbocycles. The number of nitrogens with one attached hydrogen (secondary N) is 1. The fourth-order valence-corrected chi connectivity index (χ4v) is 2.43. The number of aliphatic hydroxyl groups excluding tert-OH is 1. The summed E-state index contributed by atoms with van der Waals surface area (Å²) in [6.07, 6.45) is 0.660. The molecule has 2 N–H and O–H groups in total. The molecular weight excluding hydrogens is 340 g/mol. The minimum Gasteiger partial charge on any atom is -0.493 e. The molecule has 8 heteroatoms. The lowest BCUT2D eigenvalue weighted by Gasteiger charge is -2.16. The first-order valence-corrected chi connectivity index (χ1v) is 7.92. The number of methoxy groups -OCH3 is 3. The Balaban J connectivity index is 2.05. The quantitative estimate of drug-likeness (QED) is 0.716. The predicted molar refractivity (Wildman–Crippen MR) is 95.1 cm³/mol. The average Bonchev–Trinajstić information content (AvgIpc) is 2.66. The highest BCUT2D eigenvalue weighted by Gasteiger charge is 2.17. The molecule has 1 amide bonds. The third kappa shape index (κ3) is 4.54. The van der Waals surface area contributed by atoms with Gasteiger partial charge in [-0.25, -0.2) is 0 Å². The second-order valence-corrected chi connectivity index (χ2v) is 5.47. The standard InChI is InChI=1S/C18H22N2O6/c1-24-14-8-12(9-15(25-2)17(14)26-3)18(23)19-10-13(21)11-20-7-5-4-6-16(20)22/h4-9,13,21H,10-11H2,1-3H3,(H,19,23). The van der Waals surface area contributed by atoms with Crippen LogP contribution < -0.4 is 25.1 Å². The van der Waals surface area contributed by atoms with Crippen LogP contribution in [0.3, 0.4) is 0 Å². The van der Waals surface area contributed by atoms with E-state index in [4.69, 9.17) is 14.2 Å². The molecule has 0 radical (unpaired) electrons. The zero-order chi connectivity index (χ0) is 19.1. The molecule has 0 aliphatic rings. The Morgan fingerprint density at radius 1 is 1.15 bits per heavy atom. The summed E-state index contributed by atoms with van der Waals surface area (Å²) in [6.45, 7) is 0.0615. The van der Waals surface area contributed by atoms with Crippen LogP contribution in [-0.4, -0.2) is 49.6 Å². The molecule has 8 nitrogen and oxygen atoms in total. The van der Waals surface area contributed by atoms with Gasteiger partial charge in [-0.2, -0.15) is 0 Å². The van der Waals surface area contributed by atoms with Crippen LogP contribution in [0.25, 0.3) is 0 Å². The first kappa shape index (κ1) is 19.3. The summed E-state index contributed by atoms with van der Waals surface area (Å²) in [5.74, 6) is 0.681. The van der Waals surface area contributed by atoms with E-state index >= 15 is 0 Å². The van der Waals surface area contributed by atoms with Crippen molar-refractivity contribution in [3.05, 3.63) is 52.4 Å². The molecule has 0 fully saturated rings. The summed E-state index contributed by atoms with van der Waals surface area (Å²) in [5.41, 5.74) is 0.0751. The van der Waals surface area contributed by atoms with E-state index in [1.807, 2.05) is 0 Å². The lowest BCUT2D eigenvalue weighted by Crippen LogP contribution is -2.36. The van der Waals surface area contributed by atoms with E-state index in [-0.39, 0.29) is 18.6 Å². The van der Waals surface area contributed by atoms with Crippen LogP contribution in [-0.2, 0) is 6.54 Å². The number of hydrogen-bond donors (Lipinski definition) is 2. The fourth-order valence-electron chi connectivity index (χ4n) is 2.43. The molecule has 1 aromatic carbocycles. The second-order valence-electron chi connectivity index (χ2n) is 5.47. The Hall–Kier alpha value is -3.00. The number of carbonyl (C=O) groups is 1. The van der Waals surface area contributed by atoms with Gasteiger partial charge in [0.05, 0.1) is 34.0 Å². The number of hydrogen-bond acceptors (Lipinski definition) is 6. The smallest absolute Gasteiger partial charge is 0.251 e. The van der Waals surface area contributed by atoms with Gasteiger partial charge in [-0.3, -0.25) is 9.59 Å². The maximum Gasteiger partial charge on any atom is 0.251 e. The summed E-state index contributed by atoms with van der Waals surface area (Å²) in [5, 5.41) is 12.7. The van der Waals surface area contributed by atoms with Crippen molar-refractivity contribution < 1.29 is 24.1 Å². The number of nitrogens with zero attached hydrogens (tertiary/aromatic N) is 1. The van der Waals surface area contributed by atoms with Gasteiger partial charge in [-0.15, -0.1) is 0 Å². The van der Waals surface area contributed by atoms with Crippen LogP contribution in [0, 0.1) is 0 Å². The Bertz CT molecular complexity index is 792. The molecule has 26 heavy (non-hydrogen) atoms. The van der Waals surface area contributed by atoms with E-state index in [0.29, 0.717) is 22.8 Å². The van der Waals surface area contributed by atoms with Gasteiger partial charge in [-0.05, 0) is 18.2 Å². The number of benzene rings is 1. The largest absolute Gasteiger partial charge is 0.493 e. The van der Waals surface area contributed by atoms with Crippen molar-refractivity contribution >= 4 is 5.91 Å². The van der Waals surface area contributed by atoms with Gasteiger partial charge >= 0.3 is 0 Å². The summed E-state index contributed by atoms with van der Waals surface area (Å²) < 4.78 is 17.0. The number of rotatable bonds is 8. The molecule has 1 atom stereocenters. The number of ether oxygens (including phenoxy) is 3. The molecule has 0 spiro atoms. The maximum atomic E-state index is 12.4. The van der Waals surface area contributed by atoms with Crippen LogP contribution in [0.15, 0.2) is 41.3 Å². The Morgan fingerprint density at radius 3 is 2.35 bits per heavy atom. The van der Waals surface area contributed by atoms with Gasteiger partial charge in [0.15, 0.2) is 11.5 Å². The van der Waals surface area contributed by atoms with Crippen LogP contribution in [0.4, 0.5) is 0 Å². The van der Waals surface area contributed by atoms with Gasteiger partial charge in [0, 0.05) is 24.4 Å². The minimum absolute atomic E-state index is 0.0170. The Morgan fingerprint density at radius 2 is 1.81 bits per heavy atom. The number of aromatic nitrogens is 1. The summed E-state index contributed by atoms with van der Waals surface area (Å²) in [4.78, 5) is 24.0. The zero-order valence-corrected chi connectivity index (χ0v) is 14.9. The number of amides is 1. The molecule has 0 aliphatic heterocycles. The SMILES string of the molecule is COc1cc(C(=O)NCC(O)Cn2ccccc2=O)cc(OC)c1OC. The topological polar surface area (TPSA) is 99.0 Å². The minimum atomic E-state index is -0.916. The molecule has 1 unspecified atom stereocenters. The monoisotopic (exact) mass is 362 g/mol. The van der Waals surface area contributed by atoms with Crippen molar-refractivity contribution in [3.63, 3.8) is 0 Å². The van der Waals surface area contributed by atoms with Gasteiger partial charge in [0.1, 0.15) is 0 Å². The second kappa shape index (κ2) is 8.91. The Kier molecular flexibility index (Phi) is 6.62. The van der Waals surface area contributed by atoms with Crippen molar-refractivity contribution in [2.45, 2.75) is 12.6 Å². The molecule has 140 valence electrons. The van der Waals surface area contributed by atoms with Gasteiger partial charge < -0.3 is 29.2 Å². The number of carbonyl (C=O) groups excluding carboxylic acids is 1. The van der Waals surface area contributed by atoms with E-state index in [0.717, 1.165) is 0 Å². The van der Waals surface area contributed by atoms with E-state index in [9.17, 15) is 14.7 Å². The predicted octanol–water partition coefficient (Wildman–Crippen LogP) is 0.665. The molecule has 0 bridgehead atoms. The lowest BCUT2D eigenvalue weighted by atomic mass is 10.1. The molecule has 1 heterocycles. The molecule has 2 aromatic rings. The van der Waals surface area contributed by atoms with Gasteiger partial charge in [-0.1, -0.05) is 6.07 Å². The van der Waals surface area contributed by atoms with E-state index in [2.05, 4.69) is 5.32 Å². The van der Waals surface area contributed by atoms with E-state index < -0.39 is 12.0 Å². The highest BCUT2D eigenvalue weighted by atomic mass is 16.5. The first-order valence-electron chi connectivity index (χ1n) is 7.92. The highest BCUT2D eigenvalue weighted by Crippen LogP contribution is 2.38. The average molecular weight is 362 g/mol. The Labute approximate surface area is 150 Å². The van der Waals surface area contributed by atoms with Crippen LogP contribution >= 0.6 is 0 Å².